The Morgan fingerprint density at radius 1 is 1.00 bits per heavy atom. The van der Waals surface area contributed by atoms with Crippen LogP contribution in [0.2, 0.25) is 0 Å². The molecular weight excluding hydrogens is 440 g/mol. The number of ether oxygens (including phenoxy) is 1. The molecule has 1 aliphatic rings. The molecule has 0 atom stereocenters. The predicted octanol–water partition coefficient (Wildman–Crippen LogP) is 6.23. The molecule has 0 bridgehead atoms. The first kappa shape index (κ1) is 18.6. The first-order chi connectivity index (χ1) is 14.6. The highest BCUT2D eigenvalue weighted by molar-refractivity contribution is 9.10. The van der Waals surface area contributed by atoms with E-state index in [1.807, 2.05) is 59.4 Å². The van der Waals surface area contributed by atoms with E-state index in [0.717, 1.165) is 27.0 Å². The number of rotatable bonds is 3. The molecule has 0 aliphatic carbocycles. The van der Waals surface area contributed by atoms with Gasteiger partial charge in [0.25, 0.3) is 0 Å². The van der Waals surface area contributed by atoms with Crippen molar-refractivity contribution in [3.8, 4) is 22.7 Å². The van der Waals surface area contributed by atoms with Crippen LogP contribution in [0.1, 0.15) is 21.5 Å². The van der Waals surface area contributed by atoms with Gasteiger partial charge in [-0.1, -0.05) is 64.0 Å². The van der Waals surface area contributed by atoms with Crippen LogP contribution in [0.25, 0.3) is 23.0 Å². The fraction of sp³-hybridized carbons (Fsp3) is 0.0400. The van der Waals surface area contributed by atoms with Gasteiger partial charge in [0.1, 0.15) is 11.4 Å². The lowest BCUT2D eigenvalue weighted by Gasteiger charge is -2.01. The van der Waals surface area contributed by atoms with E-state index in [1.165, 1.54) is 5.56 Å². The van der Waals surface area contributed by atoms with Gasteiger partial charge in [-0.25, -0.2) is 4.68 Å². The van der Waals surface area contributed by atoms with Gasteiger partial charge in [-0.2, -0.15) is 5.10 Å². The van der Waals surface area contributed by atoms with Crippen molar-refractivity contribution in [1.29, 1.82) is 0 Å². The van der Waals surface area contributed by atoms with Crippen molar-refractivity contribution in [3.63, 3.8) is 0 Å². The van der Waals surface area contributed by atoms with Crippen LogP contribution < -0.4 is 4.74 Å². The van der Waals surface area contributed by atoms with Crippen molar-refractivity contribution in [3.05, 3.63) is 106 Å². The Kier molecular flexibility index (Phi) is 4.60. The summed E-state index contributed by atoms with van der Waals surface area (Å²) in [5.41, 5.74) is 5.27. The average molecular weight is 457 g/mol. The van der Waals surface area contributed by atoms with Crippen LogP contribution in [0, 0.1) is 6.92 Å². The Balaban J connectivity index is 1.62. The van der Waals surface area contributed by atoms with Gasteiger partial charge in [0.2, 0.25) is 5.78 Å². The number of carbonyl (C=O) groups is 1. The van der Waals surface area contributed by atoms with Gasteiger partial charge in [0.15, 0.2) is 5.76 Å². The minimum atomic E-state index is -0.131. The number of fused-ring (bicyclic) bond motifs is 1. The van der Waals surface area contributed by atoms with Crippen LogP contribution in [-0.2, 0) is 0 Å². The van der Waals surface area contributed by atoms with Gasteiger partial charge in [-0.3, -0.25) is 4.79 Å². The van der Waals surface area contributed by atoms with E-state index in [2.05, 4.69) is 35.0 Å². The number of ketones is 1. The topological polar surface area (TPSA) is 44.1 Å². The molecule has 5 rings (SSSR count). The van der Waals surface area contributed by atoms with Crippen LogP contribution in [0.3, 0.4) is 0 Å². The third-order valence-electron chi connectivity index (χ3n) is 5.00. The molecular formula is C25H17BrN2O2. The standard InChI is InChI=1S/C25H17BrN2O2/c1-16-7-9-17(10-8-16)24-18(15-28(27-24)20-5-3-2-4-6-20)13-23-25(29)21-14-19(26)11-12-22(21)30-23/h2-15H,1H3/b23-13-. The lowest BCUT2D eigenvalue weighted by atomic mass is 10.0. The van der Waals surface area contributed by atoms with Crippen LogP contribution in [-0.4, -0.2) is 15.6 Å². The zero-order valence-corrected chi connectivity index (χ0v) is 17.8. The highest BCUT2D eigenvalue weighted by Crippen LogP contribution is 2.35. The number of carbonyl (C=O) groups excluding carboxylic acids is 1. The summed E-state index contributed by atoms with van der Waals surface area (Å²) in [5, 5.41) is 4.81. The zero-order valence-electron chi connectivity index (χ0n) is 16.2. The molecule has 0 fully saturated rings. The summed E-state index contributed by atoms with van der Waals surface area (Å²) < 4.78 is 8.53. The SMILES string of the molecule is Cc1ccc(-c2nn(-c3ccccc3)cc2/C=C2\Oc3ccc(Br)cc3C2=O)cc1. The first-order valence-electron chi connectivity index (χ1n) is 9.54. The van der Waals surface area contributed by atoms with E-state index < -0.39 is 0 Å². The van der Waals surface area contributed by atoms with Gasteiger partial charge in [-0.15, -0.1) is 0 Å². The summed E-state index contributed by atoms with van der Waals surface area (Å²) in [5.74, 6) is 0.736. The fourth-order valence-electron chi connectivity index (χ4n) is 3.44. The largest absolute Gasteiger partial charge is 0.452 e. The maximum atomic E-state index is 12.9. The number of aromatic nitrogens is 2. The normalized spacial score (nSPS) is 14.1. The minimum Gasteiger partial charge on any atom is -0.452 e. The monoisotopic (exact) mass is 456 g/mol. The number of para-hydroxylation sites is 1. The van der Waals surface area contributed by atoms with E-state index in [9.17, 15) is 4.79 Å². The molecule has 3 aromatic carbocycles. The maximum Gasteiger partial charge on any atom is 0.232 e. The second-order valence-electron chi connectivity index (χ2n) is 7.16. The Labute approximate surface area is 182 Å². The molecule has 0 saturated heterocycles. The van der Waals surface area contributed by atoms with Gasteiger partial charge < -0.3 is 4.74 Å². The number of halogens is 1. The molecule has 0 spiro atoms. The molecule has 2 heterocycles. The van der Waals surface area contributed by atoms with Crippen LogP contribution >= 0.6 is 15.9 Å². The highest BCUT2D eigenvalue weighted by Gasteiger charge is 2.28. The lowest BCUT2D eigenvalue weighted by molar-refractivity contribution is 0.101. The van der Waals surface area contributed by atoms with Crippen molar-refractivity contribution in [2.24, 2.45) is 0 Å². The van der Waals surface area contributed by atoms with E-state index in [4.69, 9.17) is 9.84 Å². The maximum absolute atomic E-state index is 12.9. The molecule has 4 aromatic rings. The second-order valence-corrected chi connectivity index (χ2v) is 8.08. The van der Waals surface area contributed by atoms with Crippen LogP contribution in [0.15, 0.2) is 89.2 Å². The van der Waals surface area contributed by atoms with Gasteiger partial charge in [-0.05, 0) is 43.3 Å². The summed E-state index contributed by atoms with van der Waals surface area (Å²) in [4.78, 5) is 12.9. The average Bonchev–Trinajstić information content (AvgIpc) is 3.31. The van der Waals surface area contributed by atoms with Gasteiger partial charge in [0, 0.05) is 21.8 Å². The van der Waals surface area contributed by atoms with Gasteiger partial charge in [0.05, 0.1) is 11.3 Å². The Morgan fingerprint density at radius 2 is 1.77 bits per heavy atom. The van der Waals surface area contributed by atoms with Crippen molar-refractivity contribution >= 4 is 27.8 Å². The van der Waals surface area contributed by atoms with E-state index >= 15 is 0 Å². The minimum absolute atomic E-state index is 0.131. The van der Waals surface area contributed by atoms with Gasteiger partial charge >= 0.3 is 0 Å². The smallest absolute Gasteiger partial charge is 0.232 e. The Hall–Kier alpha value is -3.44. The summed E-state index contributed by atoms with van der Waals surface area (Å²) in [6.45, 7) is 2.05. The van der Waals surface area contributed by atoms with Crippen LogP contribution in [0.4, 0.5) is 0 Å². The third-order valence-corrected chi connectivity index (χ3v) is 5.50. The zero-order chi connectivity index (χ0) is 20.7. The molecule has 1 aliphatic heterocycles. The number of hydrogen-bond donors (Lipinski definition) is 0. The fourth-order valence-corrected chi connectivity index (χ4v) is 3.81. The summed E-state index contributed by atoms with van der Waals surface area (Å²) in [7, 11) is 0. The molecule has 1 aromatic heterocycles. The second kappa shape index (κ2) is 7.43. The number of nitrogens with zero attached hydrogens (tertiary/aromatic N) is 2. The molecule has 0 saturated carbocycles. The molecule has 146 valence electrons. The summed E-state index contributed by atoms with van der Waals surface area (Å²) in [6, 6.07) is 23.5. The lowest BCUT2D eigenvalue weighted by Crippen LogP contribution is -1.98. The van der Waals surface area contributed by atoms with Crippen molar-refractivity contribution in [2.45, 2.75) is 6.92 Å². The molecule has 0 N–H and O–H groups in total. The number of aryl methyl sites for hydroxylation is 1. The number of allylic oxidation sites excluding steroid dienone is 1. The Morgan fingerprint density at radius 3 is 2.53 bits per heavy atom. The molecule has 0 radical (unpaired) electrons. The van der Waals surface area contributed by atoms with E-state index in [-0.39, 0.29) is 5.78 Å². The van der Waals surface area contributed by atoms with Crippen molar-refractivity contribution < 1.29 is 9.53 Å². The van der Waals surface area contributed by atoms with Crippen molar-refractivity contribution in [2.75, 3.05) is 0 Å². The highest BCUT2D eigenvalue weighted by atomic mass is 79.9. The van der Waals surface area contributed by atoms with E-state index in [0.29, 0.717) is 17.1 Å². The number of hydrogen-bond acceptors (Lipinski definition) is 3. The quantitative estimate of drug-likeness (QED) is 0.343. The number of benzene rings is 3. The van der Waals surface area contributed by atoms with Crippen LogP contribution in [0.5, 0.6) is 5.75 Å². The third kappa shape index (κ3) is 3.37. The number of Topliss-reactive ketones (excluding diaryl/α,β-unsaturated/α-hetero) is 1. The van der Waals surface area contributed by atoms with Crippen molar-refractivity contribution in [1.82, 2.24) is 9.78 Å². The Bertz CT molecular complexity index is 1290. The first-order valence-corrected chi connectivity index (χ1v) is 10.3. The predicted molar refractivity (Wildman–Crippen MR) is 121 cm³/mol. The summed E-state index contributed by atoms with van der Waals surface area (Å²) >= 11 is 3.42. The molecule has 5 heteroatoms. The molecule has 0 amide bonds. The molecule has 30 heavy (non-hydrogen) atoms. The molecule has 4 nitrogen and oxygen atoms in total. The molecule has 0 unspecified atom stereocenters. The summed E-state index contributed by atoms with van der Waals surface area (Å²) in [6.07, 6.45) is 3.70. The van der Waals surface area contributed by atoms with E-state index in [1.54, 1.807) is 18.2 Å².